The van der Waals surface area contributed by atoms with Crippen molar-refractivity contribution in [2.24, 2.45) is 11.7 Å². The Hall–Kier alpha value is -1.60. The maximum Gasteiger partial charge on any atom is 0.0198 e. The summed E-state index contributed by atoms with van der Waals surface area (Å²) in [7, 11) is 0. The van der Waals surface area contributed by atoms with Crippen molar-refractivity contribution in [2.45, 2.75) is 6.42 Å². The van der Waals surface area contributed by atoms with Crippen LogP contribution >= 0.6 is 0 Å². The molecule has 84 valence electrons. The van der Waals surface area contributed by atoms with Gasteiger partial charge in [-0.3, -0.25) is 0 Å². The first-order valence-corrected chi connectivity index (χ1v) is 5.50. The summed E-state index contributed by atoms with van der Waals surface area (Å²) in [6.07, 6.45) is 17.2. The van der Waals surface area contributed by atoms with E-state index < -0.39 is 0 Å². The van der Waals surface area contributed by atoms with Gasteiger partial charge in [0.05, 0.1) is 0 Å². The van der Waals surface area contributed by atoms with Gasteiger partial charge in [-0.1, -0.05) is 67.3 Å². The first-order valence-electron chi connectivity index (χ1n) is 5.50. The van der Waals surface area contributed by atoms with Gasteiger partial charge in [0.1, 0.15) is 0 Å². The lowest BCUT2D eigenvalue weighted by Crippen LogP contribution is -1.98. The van der Waals surface area contributed by atoms with E-state index in [-0.39, 0.29) is 5.92 Å². The second-order valence-electron chi connectivity index (χ2n) is 3.79. The maximum absolute atomic E-state index is 5.45. The molecule has 1 aliphatic carbocycles. The fourth-order valence-corrected chi connectivity index (χ4v) is 1.41. The monoisotopic (exact) mass is 213 g/mol. The Bertz CT molecular complexity index is 351. The third kappa shape index (κ3) is 4.28. The van der Waals surface area contributed by atoms with Gasteiger partial charge in [0, 0.05) is 5.92 Å². The summed E-state index contributed by atoms with van der Waals surface area (Å²) in [4.78, 5) is 0. The number of nitrogens with two attached hydrogens (primary N) is 1. The summed E-state index contributed by atoms with van der Waals surface area (Å²) in [5.41, 5.74) is 7.56. The van der Waals surface area contributed by atoms with Crippen molar-refractivity contribution >= 4 is 0 Å². The van der Waals surface area contributed by atoms with Crippen LogP contribution in [0.4, 0.5) is 0 Å². The van der Waals surface area contributed by atoms with Gasteiger partial charge >= 0.3 is 0 Å². The average molecular weight is 213 g/mol. The molecule has 0 bridgehead atoms. The molecule has 1 nitrogen and oxygen atoms in total. The van der Waals surface area contributed by atoms with Crippen LogP contribution in [0.2, 0.25) is 0 Å². The summed E-state index contributed by atoms with van der Waals surface area (Å²) in [6.45, 7) is 8.63. The van der Waals surface area contributed by atoms with Crippen LogP contribution in [0.3, 0.4) is 0 Å². The summed E-state index contributed by atoms with van der Waals surface area (Å²) in [6, 6.07) is 0. The Kier molecular flexibility index (Phi) is 5.30. The van der Waals surface area contributed by atoms with E-state index in [1.165, 1.54) is 0 Å². The fourth-order valence-electron chi connectivity index (χ4n) is 1.41. The molecule has 1 rings (SSSR count). The zero-order chi connectivity index (χ0) is 11.8. The lowest BCUT2D eigenvalue weighted by atomic mass is 9.98. The summed E-state index contributed by atoms with van der Waals surface area (Å²) < 4.78 is 0. The van der Waals surface area contributed by atoms with Crippen molar-refractivity contribution in [3.63, 3.8) is 0 Å². The largest absolute Gasteiger partial charge is 0.330 e. The maximum atomic E-state index is 5.45. The van der Waals surface area contributed by atoms with Crippen molar-refractivity contribution in [3.05, 3.63) is 72.9 Å². The molecule has 0 aromatic rings. The van der Waals surface area contributed by atoms with E-state index in [0.717, 1.165) is 17.6 Å². The van der Waals surface area contributed by atoms with Crippen molar-refractivity contribution in [3.8, 4) is 0 Å². The molecule has 0 unspecified atom stereocenters. The minimum Gasteiger partial charge on any atom is -0.330 e. The van der Waals surface area contributed by atoms with Gasteiger partial charge in [0.2, 0.25) is 0 Å². The summed E-state index contributed by atoms with van der Waals surface area (Å²) >= 11 is 0. The Balaban J connectivity index is 2.55. The van der Waals surface area contributed by atoms with Gasteiger partial charge in [0.15, 0.2) is 0 Å². The SMILES string of the molecule is C=C(/C=C\C(=C)C1C=CC=CC=C1)CCN. The van der Waals surface area contributed by atoms with Crippen LogP contribution < -0.4 is 5.73 Å². The van der Waals surface area contributed by atoms with E-state index in [1.807, 2.05) is 36.5 Å². The average Bonchev–Trinajstić information content (AvgIpc) is 2.55. The van der Waals surface area contributed by atoms with Crippen LogP contribution in [-0.4, -0.2) is 6.54 Å². The van der Waals surface area contributed by atoms with Gasteiger partial charge in [-0.25, -0.2) is 0 Å². The van der Waals surface area contributed by atoms with Gasteiger partial charge in [0.25, 0.3) is 0 Å². The minimum absolute atomic E-state index is 0.275. The number of rotatable bonds is 5. The molecular formula is C15H19N. The molecule has 0 atom stereocenters. The summed E-state index contributed by atoms with van der Waals surface area (Å²) in [5, 5.41) is 0. The fraction of sp³-hybridized carbons (Fsp3) is 0.200. The number of allylic oxidation sites excluding steroid dienone is 9. The highest BCUT2D eigenvalue weighted by atomic mass is 14.5. The standard InChI is InChI=1S/C15H19N/c1-13(11-12-16)9-10-14(2)15-7-5-3-4-6-8-15/h3-10,15H,1-2,11-12,16H2/b10-9-. The Labute approximate surface area is 98.0 Å². The predicted molar refractivity (Wildman–Crippen MR) is 72.0 cm³/mol. The molecule has 0 saturated carbocycles. The van der Waals surface area contributed by atoms with E-state index >= 15 is 0 Å². The molecule has 0 fully saturated rings. The van der Waals surface area contributed by atoms with E-state index in [4.69, 9.17) is 5.73 Å². The van der Waals surface area contributed by atoms with Crippen LogP contribution in [0, 0.1) is 5.92 Å². The molecule has 0 aliphatic heterocycles. The van der Waals surface area contributed by atoms with Gasteiger partial charge < -0.3 is 5.73 Å². The zero-order valence-electron chi connectivity index (χ0n) is 9.60. The zero-order valence-corrected chi connectivity index (χ0v) is 9.60. The molecular weight excluding hydrogens is 194 g/mol. The lowest BCUT2D eigenvalue weighted by molar-refractivity contribution is 0.973. The van der Waals surface area contributed by atoms with E-state index in [0.29, 0.717) is 6.54 Å². The summed E-state index contributed by atoms with van der Waals surface area (Å²) in [5.74, 6) is 0.275. The van der Waals surface area contributed by atoms with Crippen LogP contribution in [0.1, 0.15) is 6.42 Å². The van der Waals surface area contributed by atoms with Crippen molar-refractivity contribution in [2.75, 3.05) is 6.54 Å². The van der Waals surface area contributed by atoms with Crippen LogP contribution in [0.15, 0.2) is 72.9 Å². The Morgan fingerprint density at radius 1 is 1.06 bits per heavy atom. The smallest absolute Gasteiger partial charge is 0.0198 e. The van der Waals surface area contributed by atoms with Crippen LogP contribution in [-0.2, 0) is 0 Å². The molecule has 0 amide bonds. The van der Waals surface area contributed by atoms with Gasteiger partial charge in [-0.2, -0.15) is 0 Å². The number of hydrogen-bond acceptors (Lipinski definition) is 1. The normalized spacial score (nSPS) is 15.6. The number of hydrogen-bond donors (Lipinski definition) is 1. The second-order valence-corrected chi connectivity index (χ2v) is 3.79. The molecule has 1 heteroatoms. The van der Waals surface area contributed by atoms with Gasteiger partial charge in [-0.15, -0.1) is 0 Å². The molecule has 0 heterocycles. The Morgan fingerprint density at radius 2 is 1.69 bits per heavy atom. The van der Waals surface area contributed by atoms with E-state index in [2.05, 4.69) is 25.3 Å². The second kappa shape index (κ2) is 6.81. The first-order chi connectivity index (χ1) is 7.74. The molecule has 0 aromatic heterocycles. The van der Waals surface area contributed by atoms with Crippen LogP contribution in [0.25, 0.3) is 0 Å². The topological polar surface area (TPSA) is 26.0 Å². The first kappa shape index (κ1) is 12.5. The molecule has 16 heavy (non-hydrogen) atoms. The predicted octanol–water partition coefficient (Wildman–Crippen LogP) is 3.30. The highest BCUT2D eigenvalue weighted by Gasteiger charge is 2.02. The van der Waals surface area contributed by atoms with Crippen LogP contribution in [0.5, 0.6) is 0 Å². The molecule has 0 radical (unpaired) electrons. The van der Waals surface area contributed by atoms with Crippen molar-refractivity contribution in [1.82, 2.24) is 0 Å². The third-order valence-corrected chi connectivity index (χ3v) is 2.40. The molecule has 0 aromatic carbocycles. The van der Waals surface area contributed by atoms with E-state index in [9.17, 15) is 0 Å². The quantitative estimate of drug-likeness (QED) is 0.697. The molecule has 0 spiro atoms. The highest BCUT2D eigenvalue weighted by Crippen LogP contribution is 2.17. The molecule has 0 saturated heterocycles. The van der Waals surface area contributed by atoms with Gasteiger partial charge in [-0.05, 0) is 18.5 Å². The van der Waals surface area contributed by atoms with Crippen molar-refractivity contribution < 1.29 is 0 Å². The molecule has 1 aliphatic rings. The Morgan fingerprint density at radius 3 is 2.25 bits per heavy atom. The van der Waals surface area contributed by atoms with Crippen molar-refractivity contribution in [1.29, 1.82) is 0 Å². The lowest BCUT2D eigenvalue weighted by Gasteiger charge is -2.06. The molecule has 2 N–H and O–H groups in total. The highest BCUT2D eigenvalue weighted by molar-refractivity contribution is 5.34. The third-order valence-electron chi connectivity index (χ3n) is 2.40. The minimum atomic E-state index is 0.275. The van der Waals surface area contributed by atoms with E-state index in [1.54, 1.807) is 0 Å².